The topological polar surface area (TPSA) is 210 Å². The van der Waals surface area contributed by atoms with Crippen LogP contribution in [-0.4, -0.2) is 113 Å². The molecule has 20 heteroatoms. The van der Waals surface area contributed by atoms with Crippen LogP contribution in [0.25, 0.3) is 55.4 Å². The number of hydrogen-bond donors (Lipinski definition) is 4. The van der Waals surface area contributed by atoms with Gasteiger partial charge in [0.2, 0.25) is 18.0 Å². The van der Waals surface area contributed by atoms with Crippen molar-refractivity contribution in [1.29, 1.82) is 0 Å². The van der Waals surface area contributed by atoms with Gasteiger partial charge < -0.3 is 39.3 Å². The van der Waals surface area contributed by atoms with Gasteiger partial charge in [0.15, 0.2) is 0 Å². The van der Waals surface area contributed by atoms with Gasteiger partial charge in [0.1, 0.15) is 40.0 Å². The molecule has 10 rings (SSSR count). The third kappa shape index (κ3) is 8.68. The van der Waals surface area contributed by atoms with Crippen LogP contribution in [0.4, 0.5) is 9.18 Å². The number of likely N-dealkylation sites (tertiary alicyclic amines) is 2. The van der Waals surface area contributed by atoms with E-state index in [0.29, 0.717) is 70.1 Å². The van der Waals surface area contributed by atoms with E-state index in [4.69, 9.17) is 29.2 Å². The lowest BCUT2D eigenvalue weighted by Gasteiger charge is -2.30. The Morgan fingerprint density at radius 1 is 0.829 bits per heavy atom. The van der Waals surface area contributed by atoms with E-state index in [9.17, 15) is 14.4 Å². The van der Waals surface area contributed by atoms with E-state index in [-0.39, 0.29) is 42.5 Å². The smallest absolute Gasteiger partial charge is 0.407 e. The molecule has 0 spiro atoms. The van der Waals surface area contributed by atoms with Crippen molar-refractivity contribution in [3.63, 3.8) is 0 Å². The number of nitrogens with zero attached hydrogens (tertiary/aromatic N) is 8. The molecule has 18 nitrogen and oxygen atoms in total. The van der Waals surface area contributed by atoms with Crippen LogP contribution in [-0.2, 0) is 19.1 Å². The summed E-state index contributed by atoms with van der Waals surface area (Å²) in [7, 11) is 2.87. The third-order valence-corrected chi connectivity index (χ3v) is 14.5. The van der Waals surface area contributed by atoms with E-state index in [1.807, 2.05) is 67.5 Å². The van der Waals surface area contributed by atoms with Crippen molar-refractivity contribution in [2.75, 3.05) is 34.0 Å². The SMILES string of the molecule is COCNC(C(=O)N1CCCC1c1ncc(-c2cc(F)c3c(c2)OC(c2cnc(-c4cnccn4)s2)n2c-3cc3cc(-c4cnc(C5CCCN5C(=O)C(NC(=O)OC)C(C)C)[nH]4)ccc32)[nH]1)C(C)C. The zero-order valence-corrected chi connectivity index (χ0v) is 40.5. The van der Waals surface area contributed by atoms with Crippen molar-refractivity contribution in [3.05, 3.63) is 95.9 Å². The normalized spacial score (nSPS) is 18.6. The van der Waals surface area contributed by atoms with Gasteiger partial charge in [-0.25, -0.2) is 24.1 Å². The lowest BCUT2D eigenvalue weighted by molar-refractivity contribution is -0.136. The molecule has 70 heavy (non-hydrogen) atoms. The number of benzene rings is 2. The first-order valence-corrected chi connectivity index (χ1v) is 24.4. The van der Waals surface area contributed by atoms with Crippen molar-refractivity contribution < 1.29 is 33.0 Å². The number of fused-ring (bicyclic) bond motifs is 5. The Kier molecular flexibility index (Phi) is 12.9. The standard InChI is InChI=1S/C50H55FN12O6S/c1-26(2)42(57-25-67-5)47(64)61-15-7-9-36(61)45-55-23-33(59-45)29-18-31(51)41-38-19-30-17-28(32-22-54-44(58-32)37-10-8-16-62(37)48(65)43(27(3)4)60-50(66)68-6)11-12-35(30)63(38)49(69-39(41)20-29)40-24-56-46(70-40)34-21-52-13-14-53-34/h11-14,17-24,26-27,36-37,42-43,49,57H,7-10,15-16,25H2,1-6H3,(H,54,58)(H,55,59)(H,60,66). The molecule has 5 atom stereocenters. The number of halogens is 1. The minimum Gasteiger partial charge on any atom is -0.464 e. The highest BCUT2D eigenvalue weighted by molar-refractivity contribution is 7.15. The first-order valence-electron chi connectivity index (χ1n) is 23.6. The van der Waals surface area contributed by atoms with Gasteiger partial charge in [-0.2, -0.15) is 0 Å². The van der Waals surface area contributed by atoms with Crippen molar-refractivity contribution in [3.8, 4) is 50.2 Å². The van der Waals surface area contributed by atoms with E-state index < -0.39 is 30.2 Å². The van der Waals surface area contributed by atoms with Gasteiger partial charge in [0.05, 0.1) is 83.6 Å². The molecular weight excluding hydrogens is 916 g/mol. The van der Waals surface area contributed by atoms with Gasteiger partial charge in [-0.05, 0) is 67.9 Å². The fourth-order valence-electron chi connectivity index (χ4n) is 9.99. The highest BCUT2D eigenvalue weighted by atomic mass is 32.1. The number of hydrogen-bond acceptors (Lipinski definition) is 13. The second-order valence-corrected chi connectivity index (χ2v) is 19.7. The van der Waals surface area contributed by atoms with Gasteiger partial charge >= 0.3 is 6.09 Å². The van der Waals surface area contributed by atoms with Gasteiger partial charge in [-0.15, -0.1) is 11.3 Å². The van der Waals surface area contributed by atoms with Gasteiger partial charge in [0.25, 0.3) is 0 Å². The summed E-state index contributed by atoms with van der Waals surface area (Å²) >= 11 is 1.42. The third-order valence-electron chi connectivity index (χ3n) is 13.5. The van der Waals surface area contributed by atoms with Gasteiger partial charge in [0, 0.05) is 55.3 Å². The van der Waals surface area contributed by atoms with Crippen LogP contribution in [0.15, 0.2) is 73.6 Å². The summed E-state index contributed by atoms with van der Waals surface area (Å²) in [6.07, 6.45) is 11.8. The number of methoxy groups -OCH3 is 2. The molecule has 0 radical (unpaired) electrons. The summed E-state index contributed by atoms with van der Waals surface area (Å²) in [6, 6.07) is 9.57. The molecule has 2 saturated heterocycles. The van der Waals surface area contributed by atoms with Crippen LogP contribution in [0.1, 0.15) is 88.2 Å². The zero-order valence-electron chi connectivity index (χ0n) is 39.7. The second-order valence-electron chi connectivity index (χ2n) is 18.6. The van der Waals surface area contributed by atoms with Crippen LogP contribution in [0.2, 0.25) is 0 Å². The number of imidazole rings is 2. The fourth-order valence-corrected chi connectivity index (χ4v) is 10.9. The predicted octanol–water partition coefficient (Wildman–Crippen LogP) is 8.01. The number of aromatic amines is 2. The van der Waals surface area contributed by atoms with Crippen molar-refractivity contribution >= 4 is 40.1 Å². The van der Waals surface area contributed by atoms with Crippen LogP contribution in [0, 0.1) is 17.7 Å². The number of thiazole rings is 1. The molecule has 3 amide bonds. The average molecular weight is 971 g/mol. The molecule has 5 unspecified atom stereocenters. The van der Waals surface area contributed by atoms with Crippen molar-refractivity contribution in [1.82, 2.24) is 59.9 Å². The molecule has 0 saturated carbocycles. The summed E-state index contributed by atoms with van der Waals surface area (Å²) in [5, 5.41) is 7.43. The average Bonchev–Trinajstić information content (AvgIpc) is 4.23. The molecule has 0 bridgehead atoms. The summed E-state index contributed by atoms with van der Waals surface area (Å²) in [4.78, 5) is 74.1. The molecule has 5 aromatic heterocycles. The molecule has 8 heterocycles. The Balaban J connectivity index is 0.985. The van der Waals surface area contributed by atoms with Crippen LogP contribution >= 0.6 is 11.3 Å². The summed E-state index contributed by atoms with van der Waals surface area (Å²) in [5.74, 6) is 0.841. The molecule has 4 N–H and O–H groups in total. The Morgan fingerprint density at radius 2 is 1.51 bits per heavy atom. The van der Waals surface area contributed by atoms with Crippen LogP contribution in [0.5, 0.6) is 5.75 Å². The summed E-state index contributed by atoms with van der Waals surface area (Å²) < 4.78 is 35.9. The maximum atomic E-state index is 17.0. The summed E-state index contributed by atoms with van der Waals surface area (Å²) in [5.41, 5.74) is 5.09. The van der Waals surface area contributed by atoms with E-state index in [1.165, 1.54) is 24.5 Å². The van der Waals surface area contributed by atoms with E-state index in [2.05, 4.69) is 30.6 Å². The Bertz CT molecular complexity index is 3060. The molecule has 364 valence electrons. The minimum atomic E-state index is -0.749. The highest BCUT2D eigenvalue weighted by Gasteiger charge is 2.39. The molecular formula is C50H55FN12O6S. The van der Waals surface area contributed by atoms with Crippen LogP contribution < -0.4 is 15.4 Å². The number of H-pyrrole nitrogens is 2. The van der Waals surface area contributed by atoms with E-state index >= 15 is 4.39 Å². The molecule has 0 aliphatic carbocycles. The van der Waals surface area contributed by atoms with Crippen molar-refractivity contribution in [2.45, 2.75) is 83.8 Å². The molecule has 2 fully saturated rings. The number of nitrogens with one attached hydrogen (secondary N) is 4. The Hall–Kier alpha value is -7.03. The predicted molar refractivity (Wildman–Crippen MR) is 260 cm³/mol. The largest absolute Gasteiger partial charge is 0.464 e. The number of carbonyl (C=O) groups excluding carboxylic acids is 3. The monoisotopic (exact) mass is 970 g/mol. The molecule has 7 aromatic rings. The minimum absolute atomic E-state index is 0.00879. The number of carbonyl (C=O) groups is 3. The van der Waals surface area contributed by atoms with E-state index in [0.717, 1.165) is 46.3 Å². The number of amides is 3. The zero-order chi connectivity index (χ0) is 48.8. The number of aromatic nitrogens is 8. The Labute approximate surface area is 407 Å². The Morgan fingerprint density at radius 3 is 2.16 bits per heavy atom. The lowest BCUT2D eigenvalue weighted by atomic mass is 10.0. The maximum absolute atomic E-state index is 17.0. The second kappa shape index (κ2) is 19.4. The van der Waals surface area contributed by atoms with E-state index in [1.54, 1.807) is 49.2 Å². The highest BCUT2D eigenvalue weighted by Crippen LogP contribution is 2.48. The first kappa shape index (κ1) is 46.7. The van der Waals surface area contributed by atoms with Gasteiger partial charge in [-0.1, -0.05) is 33.8 Å². The lowest BCUT2D eigenvalue weighted by Crippen LogP contribution is -2.51. The molecule has 3 aliphatic heterocycles. The summed E-state index contributed by atoms with van der Waals surface area (Å²) in [6.45, 7) is 9.18. The molecule has 3 aliphatic rings. The quantitative estimate of drug-likeness (QED) is 0.0764. The first-order chi connectivity index (χ1) is 33.9. The van der Waals surface area contributed by atoms with Crippen molar-refractivity contribution in [2.24, 2.45) is 11.8 Å². The van der Waals surface area contributed by atoms with Crippen LogP contribution in [0.3, 0.4) is 0 Å². The number of rotatable bonds is 14. The molecule has 2 aromatic carbocycles. The van der Waals surface area contributed by atoms with Gasteiger partial charge in [-0.3, -0.25) is 29.4 Å². The number of ether oxygens (including phenoxy) is 3. The maximum Gasteiger partial charge on any atom is 0.407 e. The number of alkyl carbamates (subject to hydrolysis) is 1. The fraction of sp³-hybridized carbons (Fsp3) is 0.400.